The van der Waals surface area contributed by atoms with Crippen molar-refractivity contribution >= 4 is 29.3 Å². The molecule has 5 nitrogen and oxygen atoms in total. The van der Waals surface area contributed by atoms with Crippen LogP contribution in [0.2, 0.25) is 0 Å². The van der Waals surface area contributed by atoms with Crippen LogP contribution in [0.1, 0.15) is 11.3 Å². The number of amides is 1. The van der Waals surface area contributed by atoms with Gasteiger partial charge in [0, 0.05) is 6.08 Å². The first-order chi connectivity index (χ1) is 10.7. The molecule has 1 aromatic heterocycles. The Bertz CT molecular complexity index is 649. The molecule has 0 fully saturated rings. The molecule has 0 bridgehead atoms. The first-order valence-electron chi connectivity index (χ1n) is 6.60. The van der Waals surface area contributed by atoms with E-state index in [9.17, 15) is 4.79 Å². The normalized spacial score (nSPS) is 10.4. The number of methoxy groups -OCH3 is 1. The lowest BCUT2D eigenvalue weighted by Crippen LogP contribution is -2.37. The van der Waals surface area contributed by atoms with E-state index >= 15 is 0 Å². The van der Waals surface area contributed by atoms with Gasteiger partial charge in [-0.1, -0.05) is 12.1 Å². The van der Waals surface area contributed by atoms with Crippen LogP contribution in [0.3, 0.4) is 0 Å². The molecule has 0 radical (unpaired) electrons. The molecule has 2 rings (SSSR count). The number of thiocarbonyl (C=S) groups is 1. The monoisotopic (exact) mass is 316 g/mol. The van der Waals surface area contributed by atoms with Crippen molar-refractivity contribution in [2.75, 3.05) is 7.11 Å². The molecule has 0 unspecified atom stereocenters. The van der Waals surface area contributed by atoms with Crippen LogP contribution in [0.15, 0.2) is 53.2 Å². The summed E-state index contributed by atoms with van der Waals surface area (Å²) in [5.74, 6) is 1.21. The molecule has 0 saturated heterocycles. The maximum Gasteiger partial charge on any atom is 0.250 e. The quantitative estimate of drug-likeness (QED) is 0.655. The van der Waals surface area contributed by atoms with Crippen LogP contribution in [0.25, 0.3) is 6.08 Å². The number of nitrogens with one attached hydrogen (secondary N) is 2. The van der Waals surface area contributed by atoms with Gasteiger partial charge in [0.15, 0.2) is 5.11 Å². The van der Waals surface area contributed by atoms with Crippen molar-refractivity contribution in [3.05, 3.63) is 60.1 Å². The van der Waals surface area contributed by atoms with Gasteiger partial charge in [-0.15, -0.1) is 0 Å². The molecule has 22 heavy (non-hydrogen) atoms. The number of hydrogen-bond donors (Lipinski definition) is 2. The van der Waals surface area contributed by atoms with Crippen molar-refractivity contribution in [1.82, 2.24) is 10.6 Å². The first-order valence-corrected chi connectivity index (χ1v) is 7.01. The van der Waals surface area contributed by atoms with Crippen molar-refractivity contribution in [2.45, 2.75) is 6.54 Å². The van der Waals surface area contributed by atoms with Crippen LogP contribution in [0, 0.1) is 0 Å². The third kappa shape index (κ3) is 5.06. The molecule has 0 saturated carbocycles. The second-order valence-corrected chi connectivity index (χ2v) is 4.77. The van der Waals surface area contributed by atoms with E-state index in [-0.39, 0.29) is 11.0 Å². The highest BCUT2D eigenvalue weighted by Gasteiger charge is 2.02. The van der Waals surface area contributed by atoms with Crippen LogP contribution < -0.4 is 15.4 Å². The Kier molecular flexibility index (Phi) is 5.73. The lowest BCUT2D eigenvalue weighted by molar-refractivity contribution is -0.115. The summed E-state index contributed by atoms with van der Waals surface area (Å²) in [6, 6.07) is 11.0. The van der Waals surface area contributed by atoms with E-state index < -0.39 is 0 Å². The smallest absolute Gasteiger partial charge is 0.250 e. The molecule has 114 valence electrons. The highest BCUT2D eigenvalue weighted by molar-refractivity contribution is 7.80. The van der Waals surface area contributed by atoms with Gasteiger partial charge in [0.1, 0.15) is 11.5 Å². The molecule has 6 heteroatoms. The molecule has 2 N–H and O–H groups in total. The van der Waals surface area contributed by atoms with Gasteiger partial charge in [0.25, 0.3) is 0 Å². The summed E-state index contributed by atoms with van der Waals surface area (Å²) in [5, 5.41) is 5.70. The Morgan fingerprint density at radius 3 is 2.73 bits per heavy atom. The molecule has 0 spiro atoms. The number of furan rings is 1. The van der Waals surface area contributed by atoms with Gasteiger partial charge in [0.2, 0.25) is 5.91 Å². The molecule has 0 aliphatic heterocycles. The summed E-state index contributed by atoms with van der Waals surface area (Å²) >= 11 is 5.03. The van der Waals surface area contributed by atoms with Gasteiger partial charge >= 0.3 is 0 Å². The van der Waals surface area contributed by atoms with Crippen LogP contribution >= 0.6 is 12.2 Å². The minimum Gasteiger partial charge on any atom is -0.497 e. The second kappa shape index (κ2) is 7.99. The maximum atomic E-state index is 11.7. The van der Waals surface area contributed by atoms with Gasteiger partial charge in [-0.3, -0.25) is 10.1 Å². The van der Waals surface area contributed by atoms with Gasteiger partial charge in [0.05, 0.1) is 19.9 Å². The van der Waals surface area contributed by atoms with Crippen molar-refractivity contribution in [3.63, 3.8) is 0 Å². The molecule has 1 amide bonds. The third-order valence-corrected chi connectivity index (χ3v) is 3.03. The Labute approximate surface area is 134 Å². The van der Waals surface area contributed by atoms with Crippen LogP contribution in [-0.2, 0) is 11.3 Å². The summed E-state index contributed by atoms with van der Waals surface area (Å²) in [6.45, 7) is 0.425. The largest absolute Gasteiger partial charge is 0.497 e. The van der Waals surface area contributed by atoms with E-state index in [0.29, 0.717) is 6.54 Å². The van der Waals surface area contributed by atoms with Crippen LogP contribution in [-0.4, -0.2) is 18.1 Å². The molecule has 0 aliphatic rings. The van der Waals surface area contributed by atoms with Crippen molar-refractivity contribution in [3.8, 4) is 5.75 Å². The SMILES string of the molecule is COc1ccc(/C=C/C(=O)NC(=S)NCc2ccco2)cc1. The summed E-state index contributed by atoms with van der Waals surface area (Å²) < 4.78 is 10.2. The van der Waals surface area contributed by atoms with Gasteiger partial charge < -0.3 is 14.5 Å². The number of ether oxygens (including phenoxy) is 1. The van der Waals surface area contributed by atoms with E-state index in [0.717, 1.165) is 17.1 Å². The summed E-state index contributed by atoms with van der Waals surface area (Å²) in [7, 11) is 1.61. The first kappa shape index (κ1) is 15.8. The van der Waals surface area contributed by atoms with E-state index in [2.05, 4.69) is 10.6 Å². The van der Waals surface area contributed by atoms with Gasteiger partial charge in [-0.2, -0.15) is 0 Å². The highest BCUT2D eigenvalue weighted by Crippen LogP contribution is 2.12. The minimum atomic E-state index is -0.298. The molecule has 0 atom stereocenters. The molecule has 1 aromatic carbocycles. The predicted molar refractivity (Wildman–Crippen MR) is 88.3 cm³/mol. The molecular formula is C16H16N2O3S. The average molecular weight is 316 g/mol. The predicted octanol–water partition coefficient (Wildman–Crippen LogP) is 2.49. The third-order valence-electron chi connectivity index (χ3n) is 2.78. The lowest BCUT2D eigenvalue weighted by atomic mass is 10.2. The number of carbonyl (C=O) groups excluding carboxylic acids is 1. The molecule has 1 heterocycles. The van der Waals surface area contributed by atoms with E-state index in [1.54, 1.807) is 25.5 Å². The fraction of sp³-hybridized carbons (Fsp3) is 0.125. The highest BCUT2D eigenvalue weighted by atomic mass is 32.1. The topological polar surface area (TPSA) is 63.5 Å². The molecule has 2 aromatic rings. The van der Waals surface area contributed by atoms with E-state index in [1.165, 1.54) is 6.08 Å². The zero-order chi connectivity index (χ0) is 15.8. The number of carbonyl (C=O) groups is 1. The summed E-state index contributed by atoms with van der Waals surface area (Å²) in [6.07, 6.45) is 4.70. The zero-order valence-corrected chi connectivity index (χ0v) is 12.9. The van der Waals surface area contributed by atoms with Crippen molar-refractivity contribution in [1.29, 1.82) is 0 Å². The second-order valence-electron chi connectivity index (χ2n) is 4.36. The van der Waals surface area contributed by atoms with Gasteiger partial charge in [-0.25, -0.2) is 0 Å². The van der Waals surface area contributed by atoms with Crippen LogP contribution in [0.5, 0.6) is 5.75 Å². The van der Waals surface area contributed by atoms with E-state index in [4.69, 9.17) is 21.4 Å². The maximum absolute atomic E-state index is 11.7. The van der Waals surface area contributed by atoms with Crippen LogP contribution in [0.4, 0.5) is 0 Å². The fourth-order valence-electron chi connectivity index (χ4n) is 1.67. The Balaban J connectivity index is 1.78. The summed E-state index contributed by atoms with van der Waals surface area (Å²) in [4.78, 5) is 11.7. The van der Waals surface area contributed by atoms with E-state index in [1.807, 2.05) is 30.3 Å². The molecule has 0 aliphatic carbocycles. The Hall–Kier alpha value is -2.60. The lowest BCUT2D eigenvalue weighted by Gasteiger charge is -2.06. The standard InChI is InChI=1S/C16H16N2O3S/c1-20-13-7-4-12(5-8-13)6-9-15(19)18-16(22)17-11-14-3-2-10-21-14/h2-10H,11H2,1H3,(H2,17,18,19,22)/b9-6+. The number of rotatable bonds is 5. The Morgan fingerprint density at radius 2 is 2.09 bits per heavy atom. The summed E-state index contributed by atoms with van der Waals surface area (Å²) in [5.41, 5.74) is 0.894. The zero-order valence-electron chi connectivity index (χ0n) is 12.0. The Morgan fingerprint density at radius 1 is 1.32 bits per heavy atom. The minimum absolute atomic E-state index is 0.251. The van der Waals surface area contributed by atoms with Crippen molar-refractivity contribution < 1.29 is 13.9 Å². The number of hydrogen-bond acceptors (Lipinski definition) is 4. The molecular weight excluding hydrogens is 300 g/mol. The average Bonchev–Trinajstić information content (AvgIpc) is 3.05. The van der Waals surface area contributed by atoms with Crippen molar-refractivity contribution in [2.24, 2.45) is 0 Å². The van der Waals surface area contributed by atoms with Gasteiger partial charge in [-0.05, 0) is 48.1 Å². The fourth-order valence-corrected chi connectivity index (χ4v) is 1.84. The number of benzene rings is 1.